The number of H-pyrrole nitrogens is 1. The lowest BCUT2D eigenvalue weighted by atomic mass is 10.1. The number of hydrazine groups is 1. The molecule has 0 radical (unpaired) electrons. The first-order valence-electron chi connectivity index (χ1n) is 8.52. The highest BCUT2D eigenvalue weighted by Gasteiger charge is 2.09. The van der Waals surface area contributed by atoms with Crippen molar-refractivity contribution < 1.29 is 19.1 Å². The van der Waals surface area contributed by atoms with E-state index in [1.807, 2.05) is 24.3 Å². The second-order valence-electron chi connectivity index (χ2n) is 5.83. The van der Waals surface area contributed by atoms with E-state index in [-0.39, 0.29) is 12.3 Å². The van der Waals surface area contributed by atoms with Crippen LogP contribution >= 0.6 is 0 Å². The Bertz CT molecular complexity index is 993. The van der Waals surface area contributed by atoms with E-state index in [9.17, 15) is 9.59 Å². The first-order valence-corrected chi connectivity index (χ1v) is 8.52. The lowest BCUT2D eigenvalue weighted by molar-refractivity contribution is -0.126. The van der Waals surface area contributed by atoms with Crippen molar-refractivity contribution in [1.82, 2.24) is 20.8 Å². The number of carbonyl (C=O) groups excluding carboxylic acids is 2. The molecular weight excluding hydrogens is 360 g/mol. The highest BCUT2D eigenvalue weighted by Crippen LogP contribution is 2.31. The molecule has 0 spiro atoms. The molecule has 8 heteroatoms. The third-order valence-corrected chi connectivity index (χ3v) is 3.94. The van der Waals surface area contributed by atoms with E-state index < -0.39 is 5.91 Å². The normalized spacial score (nSPS) is 10.8. The fourth-order valence-corrected chi connectivity index (χ4v) is 2.67. The molecule has 0 unspecified atom stereocenters. The second kappa shape index (κ2) is 8.72. The van der Waals surface area contributed by atoms with Crippen LogP contribution in [0.15, 0.2) is 48.5 Å². The van der Waals surface area contributed by atoms with Crippen LogP contribution in [0.5, 0.6) is 11.5 Å². The van der Waals surface area contributed by atoms with E-state index in [1.165, 1.54) is 20.3 Å². The van der Waals surface area contributed by atoms with Gasteiger partial charge in [-0.05, 0) is 24.3 Å². The smallest absolute Gasteiger partial charge is 0.262 e. The SMILES string of the molecule is COc1cccc(/C=C/C(=O)NNC(=O)Cc2nc3ccccc3[nH]2)c1OC. The zero-order valence-electron chi connectivity index (χ0n) is 15.5. The standard InChI is InChI=1S/C20H20N4O4/c1-27-16-9-5-6-13(20(16)28-2)10-11-18(25)23-24-19(26)12-17-21-14-7-3-4-8-15(14)22-17/h3-11H,12H2,1-2H3,(H,21,22)(H,23,25)(H,24,26)/b11-10+. The minimum absolute atomic E-state index is 0.0163. The molecule has 3 rings (SSSR count). The number of aromatic nitrogens is 2. The Kier molecular flexibility index (Phi) is 5.91. The van der Waals surface area contributed by atoms with Crippen molar-refractivity contribution in [3.63, 3.8) is 0 Å². The number of amides is 2. The van der Waals surface area contributed by atoms with Crippen molar-refractivity contribution in [2.45, 2.75) is 6.42 Å². The van der Waals surface area contributed by atoms with Crippen LogP contribution in [-0.4, -0.2) is 36.0 Å². The number of hydrogen-bond donors (Lipinski definition) is 3. The van der Waals surface area contributed by atoms with E-state index in [0.717, 1.165) is 11.0 Å². The topological polar surface area (TPSA) is 105 Å². The monoisotopic (exact) mass is 380 g/mol. The summed E-state index contributed by atoms with van der Waals surface area (Å²) >= 11 is 0. The molecule has 3 aromatic rings. The molecule has 0 saturated heterocycles. The van der Waals surface area contributed by atoms with E-state index >= 15 is 0 Å². The number of carbonyl (C=O) groups is 2. The van der Waals surface area contributed by atoms with Crippen molar-refractivity contribution in [3.8, 4) is 11.5 Å². The molecule has 1 heterocycles. The molecule has 0 saturated carbocycles. The van der Waals surface area contributed by atoms with Crippen LogP contribution < -0.4 is 20.3 Å². The number of methoxy groups -OCH3 is 2. The molecular formula is C20H20N4O4. The summed E-state index contributed by atoms with van der Waals surface area (Å²) < 4.78 is 10.5. The van der Waals surface area contributed by atoms with Gasteiger partial charge in [0.15, 0.2) is 11.5 Å². The van der Waals surface area contributed by atoms with Crippen molar-refractivity contribution in [3.05, 3.63) is 59.9 Å². The summed E-state index contributed by atoms with van der Waals surface area (Å²) in [7, 11) is 3.06. The minimum atomic E-state index is -0.483. The largest absolute Gasteiger partial charge is 0.493 e. The Hall–Kier alpha value is -3.81. The molecule has 0 bridgehead atoms. The second-order valence-corrected chi connectivity index (χ2v) is 5.83. The highest BCUT2D eigenvalue weighted by atomic mass is 16.5. The number of hydrogen-bond acceptors (Lipinski definition) is 5. The summed E-state index contributed by atoms with van der Waals surface area (Å²) in [5, 5.41) is 0. The Labute approximate surface area is 161 Å². The van der Waals surface area contributed by atoms with E-state index in [2.05, 4.69) is 20.8 Å². The van der Waals surface area contributed by atoms with Gasteiger partial charge in [0.1, 0.15) is 5.82 Å². The first kappa shape index (κ1) is 19.0. The predicted molar refractivity (Wildman–Crippen MR) is 105 cm³/mol. The molecule has 2 amide bonds. The van der Waals surface area contributed by atoms with Crippen LogP contribution in [0.2, 0.25) is 0 Å². The third kappa shape index (κ3) is 4.47. The fourth-order valence-electron chi connectivity index (χ4n) is 2.67. The van der Waals surface area contributed by atoms with Crippen molar-refractivity contribution in [1.29, 1.82) is 0 Å². The molecule has 8 nitrogen and oxygen atoms in total. The summed E-state index contributed by atoms with van der Waals surface area (Å²) in [6.45, 7) is 0. The van der Waals surface area contributed by atoms with Crippen molar-refractivity contribution in [2.75, 3.05) is 14.2 Å². The number of benzene rings is 2. The van der Waals surface area contributed by atoms with Gasteiger partial charge in [-0.1, -0.05) is 24.3 Å². The van der Waals surface area contributed by atoms with Crippen LogP contribution in [0.4, 0.5) is 0 Å². The minimum Gasteiger partial charge on any atom is -0.493 e. The average Bonchev–Trinajstić information content (AvgIpc) is 3.12. The lowest BCUT2D eigenvalue weighted by Crippen LogP contribution is -2.41. The number of para-hydroxylation sites is 3. The highest BCUT2D eigenvalue weighted by molar-refractivity contribution is 5.93. The van der Waals surface area contributed by atoms with Crippen LogP contribution in [0.3, 0.4) is 0 Å². The van der Waals surface area contributed by atoms with E-state index in [0.29, 0.717) is 22.9 Å². The van der Waals surface area contributed by atoms with Crippen LogP contribution in [0.1, 0.15) is 11.4 Å². The molecule has 1 aromatic heterocycles. The van der Waals surface area contributed by atoms with Gasteiger partial charge in [-0.25, -0.2) is 4.98 Å². The summed E-state index contributed by atoms with van der Waals surface area (Å²) in [6.07, 6.45) is 2.88. The van der Waals surface area contributed by atoms with Crippen LogP contribution in [-0.2, 0) is 16.0 Å². The van der Waals surface area contributed by atoms with E-state index in [4.69, 9.17) is 9.47 Å². The van der Waals surface area contributed by atoms with Gasteiger partial charge in [-0.3, -0.25) is 20.4 Å². The van der Waals surface area contributed by atoms with Gasteiger partial charge in [-0.2, -0.15) is 0 Å². The Balaban J connectivity index is 1.55. The van der Waals surface area contributed by atoms with Gasteiger partial charge in [0.25, 0.3) is 5.91 Å². The molecule has 3 N–H and O–H groups in total. The molecule has 0 aliphatic carbocycles. The maximum atomic E-state index is 12.0. The number of rotatable bonds is 6. The molecule has 28 heavy (non-hydrogen) atoms. The van der Waals surface area contributed by atoms with Crippen molar-refractivity contribution >= 4 is 28.9 Å². The van der Waals surface area contributed by atoms with Gasteiger partial charge in [-0.15, -0.1) is 0 Å². The van der Waals surface area contributed by atoms with E-state index in [1.54, 1.807) is 24.3 Å². The predicted octanol–water partition coefficient (Wildman–Crippen LogP) is 1.98. The maximum absolute atomic E-state index is 12.0. The molecule has 0 fully saturated rings. The van der Waals surface area contributed by atoms with Gasteiger partial charge >= 0.3 is 0 Å². The van der Waals surface area contributed by atoms with Crippen molar-refractivity contribution in [2.24, 2.45) is 0 Å². The van der Waals surface area contributed by atoms with Crippen LogP contribution in [0.25, 0.3) is 17.1 Å². The molecule has 144 valence electrons. The number of ether oxygens (including phenoxy) is 2. The lowest BCUT2D eigenvalue weighted by Gasteiger charge is -2.09. The number of nitrogens with zero attached hydrogens (tertiary/aromatic N) is 1. The van der Waals surface area contributed by atoms with Gasteiger partial charge in [0, 0.05) is 11.6 Å². The number of aromatic amines is 1. The maximum Gasteiger partial charge on any atom is 0.262 e. The fraction of sp³-hybridized carbons (Fsp3) is 0.150. The average molecular weight is 380 g/mol. The van der Waals surface area contributed by atoms with Gasteiger partial charge < -0.3 is 14.5 Å². The molecule has 0 atom stereocenters. The summed E-state index contributed by atoms with van der Waals surface area (Å²) in [4.78, 5) is 31.3. The van der Waals surface area contributed by atoms with Crippen LogP contribution in [0, 0.1) is 0 Å². The Morgan fingerprint density at radius 3 is 2.64 bits per heavy atom. The number of nitrogens with one attached hydrogen (secondary N) is 3. The summed E-state index contributed by atoms with van der Waals surface area (Å²) in [5.74, 6) is 0.722. The molecule has 2 aromatic carbocycles. The summed E-state index contributed by atoms with van der Waals surface area (Å²) in [6, 6.07) is 12.8. The zero-order valence-corrected chi connectivity index (χ0v) is 15.5. The quantitative estimate of drug-likeness (QED) is 0.448. The third-order valence-electron chi connectivity index (χ3n) is 3.94. The Morgan fingerprint density at radius 2 is 1.89 bits per heavy atom. The number of imidazole rings is 1. The zero-order chi connectivity index (χ0) is 19.9. The molecule has 0 aliphatic heterocycles. The molecule has 0 aliphatic rings. The first-order chi connectivity index (χ1) is 13.6. The van der Waals surface area contributed by atoms with Gasteiger partial charge in [0.05, 0.1) is 31.7 Å². The van der Waals surface area contributed by atoms with Gasteiger partial charge in [0.2, 0.25) is 5.91 Å². The Morgan fingerprint density at radius 1 is 1.07 bits per heavy atom. The number of fused-ring (bicyclic) bond motifs is 1. The summed E-state index contributed by atoms with van der Waals surface area (Å²) in [5.41, 5.74) is 7.00.